The molecule has 3 rings (SSSR count). The Kier molecular flexibility index (Phi) is 7.83. The Balaban J connectivity index is 2.14. The lowest BCUT2D eigenvalue weighted by atomic mass is 10.0. The van der Waals surface area contributed by atoms with Crippen molar-refractivity contribution in [2.24, 2.45) is 0 Å². The molecule has 2 amide bonds. The zero-order valence-electron chi connectivity index (χ0n) is 18.9. The van der Waals surface area contributed by atoms with E-state index >= 15 is 0 Å². The number of alkyl halides is 3. The van der Waals surface area contributed by atoms with Gasteiger partial charge in [-0.25, -0.2) is 0 Å². The molecule has 1 aliphatic rings. The number of nitrogens with zero attached hydrogens (tertiary/aromatic N) is 2. The summed E-state index contributed by atoms with van der Waals surface area (Å²) in [7, 11) is 1.45. The van der Waals surface area contributed by atoms with Crippen LogP contribution >= 0.6 is 0 Å². The standard InChI is InChI=1S/C24H27F3N4O3/c1-16(33)30(2)22-20(23(34)28-13-8-14-32)31(15-17-9-4-3-5-10-17)21(29-22)18-11-6-7-12-19(18)24(25,26)27/h3-7,9-12,21,29,32H,8,13-15H2,1-2H3,(H,28,34). The summed E-state index contributed by atoms with van der Waals surface area (Å²) < 4.78 is 41.6. The number of rotatable bonds is 8. The molecular weight excluding hydrogens is 449 g/mol. The lowest BCUT2D eigenvalue weighted by Gasteiger charge is -2.30. The van der Waals surface area contributed by atoms with Crippen LogP contribution in [0.5, 0.6) is 0 Å². The Labute approximate surface area is 195 Å². The van der Waals surface area contributed by atoms with Gasteiger partial charge in [0.1, 0.15) is 17.7 Å². The Bertz CT molecular complexity index is 1060. The molecule has 0 bridgehead atoms. The molecule has 0 aliphatic carbocycles. The molecule has 0 aromatic heterocycles. The molecule has 0 spiro atoms. The monoisotopic (exact) mass is 476 g/mol. The molecule has 1 unspecified atom stereocenters. The topological polar surface area (TPSA) is 84.9 Å². The van der Waals surface area contributed by atoms with Gasteiger partial charge in [0, 0.05) is 39.2 Å². The lowest BCUT2D eigenvalue weighted by molar-refractivity contribution is -0.138. The minimum atomic E-state index is -4.62. The van der Waals surface area contributed by atoms with Crippen LogP contribution < -0.4 is 10.6 Å². The fourth-order valence-corrected chi connectivity index (χ4v) is 3.75. The molecule has 7 nitrogen and oxygen atoms in total. The summed E-state index contributed by atoms with van der Waals surface area (Å²) in [5, 5.41) is 14.7. The van der Waals surface area contributed by atoms with Crippen molar-refractivity contribution in [3.63, 3.8) is 0 Å². The van der Waals surface area contributed by atoms with Crippen molar-refractivity contribution in [2.45, 2.75) is 32.2 Å². The average Bonchev–Trinajstić information content (AvgIpc) is 3.17. The van der Waals surface area contributed by atoms with Crippen molar-refractivity contribution >= 4 is 11.8 Å². The highest BCUT2D eigenvalue weighted by Gasteiger charge is 2.43. The largest absolute Gasteiger partial charge is 0.416 e. The number of halogens is 3. The summed E-state index contributed by atoms with van der Waals surface area (Å²) in [4.78, 5) is 28.1. The zero-order valence-corrected chi connectivity index (χ0v) is 18.9. The van der Waals surface area contributed by atoms with Crippen LogP contribution in [0, 0.1) is 0 Å². The summed E-state index contributed by atoms with van der Waals surface area (Å²) in [5.41, 5.74) is -0.0940. The van der Waals surface area contributed by atoms with E-state index in [4.69, 9.17) is 5.11 Å². The van der Waals surface area contributed by atoms with E-state index in [2.05, 4.69) is 10.6 Å². The summed E-state index contributed by atoms with van der Waals surface area (Å²) in [6, 6.07) is 14.2. The Morgan fingerprint density at radius 1 is 1.12 bits per heavy atom. The van der Waals surface area contributed by atoms with E-state index in [1.807, 2.05) is 6.07 Å². The molecule has 0 radical (unpaired) electrons. The molecule has 0 fully saturated rings. The maximum absolute atomic E-state index is 13.9. The molecule has 2 aromatic rings. The second kappa shape index (κ2) is 10.6. The fraction of sp³-hybridized carbons (Fsp3) is 0.333. The molecule has 34 heavy (non-hydrogen) atoms. The Morgan fingerprint density at radius 3 is 2.38 bits per heavy atom. The van der Waals surface area contributed by atoms with Crippen LogP contribution in [-0.2, 0) is 22.3 Å². The highest BCUT2D eigenvalue weighted by molar-refractivity contribution is 5.95. The molecular formula is C24H27F3N4O3. The smallest absolute Gasteiger partial charge is 0.396 e. The number of carbonyl (C=O) groups is 2. The highest BCUT2D eigenvalue weighted by atomic mass is 19.4. The number of hydrogen-bond acceptors (Lipinski definition) is 5. The first-order valence-corrected chi connectivity index (χ1v) is 10.8. The SMILES string of the molecule is CC(=O)N(C)C1=C(C(=O)NCCCO)N(Cc2ccccc2)C(c2ccccc2C(F)(F)F)N1. The van der Waals surface area contributed by atoms with E-state index in [0.29, 0.717) is 6.42 Å². The average molecular weight is 476 g/mol. The highest BCUT2D eigenvalue weighted by Crippen LogP contribution is 2.40. The van der Waals surface area contributed by atoms with E-state index < -0.39 is 29.7 Å². The van der Waals surface area contributed by atoms with Crippen molar-refractivity contribution in [2.75, 3.05) is 20.2 Å². The van der Waals surface area contributed by atoms with Gasteiger partial charge >= 0.3 is 6.18 Å². The Morgan fingerprint density at radius 2 is 1.76 bits per heavy atom. The number of aliphatic hydroxyl groups is 1. The van der Waals surface area contributed by atoms with E-state index in [9.17, 15) is 22.8 Å². The first kappa shape index (κ1) is 25.1. The number of aliphatic hydroxyl groups excluding tert-OH is 1. The molecule has 0 saturated carbocycles. The zero-order chi connectivity index (χ0) is 24.9. The van der Waals surface area contributed by atoms with E-state index in [1.165, 1.54) is 42.0 Å². The first-order chi connectivity index (χ1) is 16.1. The van der Waals surface area contributed by atoms with Crippen LogP contribution in [0.1, 0.15) is 36.2 Å². The Hall–Kier alpha value is -3.53. The van der Waals surface area contributed by atoms with Crippen LogP contribution in [0.2, 0.25) is 0 Å². The molecule has 3 N–H and O–H groups in total. The normalized spacial score (nSPS) is 15.8. The van der Waals surface area contributed by atoms with Gasteiger partial charge in [-0.05, 0) is 18.1 Å². The van der Waals surface area contributed by atoms with Gasteiger partial charge in [-0.2, -0.15) is 13.2 Å². The number of amides is 2. The van der Waals surface area contributed by atoms with E-state index in [0.717, 1.165) is 11.6 Å². The maximum Gasteiger partial charge on any atom is 0.416 e. The van der Waals surface area contributed by atoms with Crippen molar-refractivity contribution in [1.82, 2.24) is 20.4 Å². The number of carbonyl (C=O) groups excluding carboxylic acids is 2. The summed E-state index contributed by atoms with van der Waals surface area (Å²) in [5.74, 6) is -0.855. The van der Waals surface area contributed by atoms with E-state index in [1.54, 1.807) is 24.3 Å². The third-order valence-corrected chi connectivity index (χ3v) is 5.50. The third kappa shape index (κ3) is 5.51. The quantitative estimate of drug-likeness (QED) is 0.511. The molecule has 1 heterocycles. The molecule has 2 aromatic carbocycles. The molecule has 10 heteroatoms. The van der Waals surface area contributed by atoms with Gasteiger partial charge in [-0.1, -0.05) is 48.5 Å². The minimum absolute atomic E-state index is 0.0430. The summed E-state index contributed by atoms with van der Waals surface area (Å²) in [6.07, 6.45) is -5.37. The van der Waals surface area contributed by atoms with Crippen molar-refractivity contribution < 1.29 is 27.9 Å². The van der Waals surface area contributed by atoms with Crippen LogP contribution in [0.25, 0.3) is 0 Å². The van der Waals surface area contributed by atoms with Crippen LogP contribution in [-0.4, -0.2) is 46.9 Å². The van der Waals surface area contributed by atoms with Gasteiger partial charge in [0.05, 0.1) is 5.56 Å². The van der Waals surface area contributed by atoms with Crippen molar-refractivity contribution in [3.05, 3.63) is 82.8 Å². The van der Waals surface area contributed by atoms with Gasteiger partial charge in [-0.3, -0.25) is 9.59 Å². The molecule has 182 valence electrons. The van der Waals surface area contributed by atoms with Gasteiger partial charge in [0.15, 0.2) is 0 Å². The van der Waals surface area contributed by atoms with Crippen LogP contribution in [0.15, 0.2) is 66.1 Å². The predicted octanol–water partition coefficient (Wildman–Crippen LogP) is 2.96. The molecule has 1 atom stereocenters. The van der Waals surface area contributed by atoms with Gasteiger partial charge in [0.25, 0.3) is 5.91 Å². The van der Waals surface area contributed by atoms with Gasteiger partial charge in [0.2, 0.25) is 5.91 Å². The van der Waals surface area contributed by atoms with Crippen LogP contribution in [0.3, 0.4) is 0 Å². The third-order valence-electron chi connectivity index (χ3n) is 5.50. The summed E-state index contributed by atoms with van der Waals surface area (Å²) in [6.45, 7) is 1.45. The fourth-order valence-electron chi connectivity index (χ4n) is 3.75. The predicted molar refractivity (Wildman–Crippen MR) is 119 cm³/mol. The minimum Gasteiger partial charge on any atom is -0.396 e. The number of nitrogens with one attached hydrogen (secondary N) is 2. The van der Waals surface area contributed by atoms with Gasteiger partial charge in [-0.15, -0.1) is 0 Å². The van der Waals surface area contributed by atoms with Crippen molar-refractivity contribution in [3.8, 4) is 0 Å². The number of benzene rings is 2. The summed E-state index contributed by atoms with van der Waals surface area (Å²) >= 11 is 0. The lowest BCUT2D eigenvalue weighted by Crippen LogP contribution is -2.36. The second-order valence-corrected chi connectivity index (χ2v) is 7.85. The second-order valence-electron chi connectivity index (χ2n) is 7.85. The maximum atomic E-state index is 13.9. The van der Waals surface area contributed by atoms with E-state index in [-0.39, 0.29) is 36.8 Å². The first-order valence-electron chi connectivity index (χ1n) is 10.8. The van der Waals surface area contributed by atoms with Crippen LogP contribution in [0.4, 0.5) is 13.2 Å². The molecule has 0 saturated heterocycles. The van der Waals surface area contributed by atoms with Crippen molar-refractivity contribution in [1.29, 1.82) is 0 Å². The van der Waals surface area contributed by atoms with Gasteiger partial charge < -0.3 is 25.5 Å². The molecule has 1 aliphatic heterocycles. The number of hydrogen-bond donors (Lipinski definition) is 3.